The summed E-state index contributed by atoms with van der Waals surface area (Å²) in [6, 6.07) is 4.63. The maximum Gasteiger partial charge on any atom is 0.416 e. The highest BCUT2D eigenvalue weighted by molar-refractivity contribution is 5.92. The van der Waals surface area contributed by atoms with Crippen LogP contribution in [-0.2, 0) is 15.8 Å². The summed E-state index contributed by atoms with van der Waals surface area (Å²) in [4.78, 5) is 27.3. The van der Waals surface area contributed by atoms with Crippen molar-refractivity contribution in [3.05, 3.63) is 41.5 Å². The van der Waals surface area contributed by atoms with Crippen molar-refractivity contribution in [2.75, 3.05) is 27.2 Å². The highest BCUT2D eigenvalue weighted by atomic mass is 19.4. The Morgan fingerprint density at radius 2 is 1.68 bits per heavy atom. The summed E-state index contributed by atoms with van der Waals surface area (Å²) in [5, 5.41) is 0. The van der Waals surface area contributed by atoms with E-state index in [4.69, 9.17) is 0 Å². The lowest BCUT2D eigenvalue weighted by Crippen LogP contribution is -2.42. The smallest absolute Gasteiger partial charge is 0.349 e. The highest BCUT2D eigenvalue weighted by Crippen LogP contribution is 2.29. The van der Waals surface area contributed by atoms with Gasteiger partial charge in [0.15, 0.2) is 0 Å². The minimum absolute atomic E-state index is 0.0575. The zero-order valence-electron chi connectivity index (χ0n) is 14.2. The number of hydrogen-bond acceptors (Lipinski definition) is 2. The molecule has 0 radical (unpaired) electrons. The second-order valence-corrected chi connectivity index (χ2v) is 6.29. The molecular formula is C18H21F3N2O2. The standard InChI is InChI=1S/C18H21F3N2O2/c1-22(2)17(25)14-9-11-23(12-10-14)16(24)8-5-13-3-6-15(7-4-13)18(19,20)21/h3-8,14H,9-12H2,1-2H3. The topological polar surface area (TPSA) is 40.6 Å². The monoisotopic (exact) mass is 354 g/mol. The van der Waals surface area contributed by atoms with Crippen molar-refractivity contribution in [2.24, 2.45) is 5.92 Å². The van der Waals surface area contributed by atoms with E-state index in [2.05, 4.69) is 0 Å². The third kappa shape index (κ3) is 5.08. The van der Waals surface area contributed by atoms with E-state index in [0.717, 1.165) is 12.1 Å². The lowest BCUT2D eigenvalue weighted by molar-refractivity contribution is -0.137. The Kier molecular flexibility index (Phi) is 5.87. The molecule has 1 aliphatic rings. The molecule has 136 valence electrons. The summed E-state index contributed by atoms with van der Waals surface area (Å²) < 4.78 is 37.5. The number of rotatable bonds is 3. The summed E-state index contributed by atoms with van der Waals surface area (Å²) in [7, 11) is 3.43. The van der Waals surface area contributed by atoms with Gasteiger partial charge in [-0.1, -0.05) is 12.1 Å². The molecule has 1 heterocycles. The van der Waals surface area contributed by atoms with Crippen LogP contribution in [0.3, 0.4) is 0 Å². The van der Waals surface area contributed by atoms with Gasteiger partial charge in [0.2, 0.25) is 11.8 Å². The molecule has 0 saturated carbocycles. The number of benzene rings is 1. The molecule has 0 atom stereocenters. The highest BCUT2D eigenvalue weighted by Gasteiger charge is 2.30. The summed E-state index contributed by atoms with van der Waals surface area (Å²) in [5.74, 6) is -0.180. The maximum atomic E-state index is 12.5. The average Bonchev–Trinajstić information content (AvgIpc) is 2.58. The molecule has 0 aliphatic carbocycles. The fourth-order valence-corrected chi connectivity index (χ4v) is 2.77. The molecule has 1 saturated heterocycles. The Bertz CT molecular complexity index is 643. The van der Waals surface area contributed by atoms with E-state index in [9.17, 15) is 22.8 Å². The fraction of sp³-hybridized carbons (Fsp3) is 0.444. The van der Waals surface area contributed by atoms with Gasteiger partial charge >= 0.3 is 6.18 Å². The third-order valence-electron chi connectivity index (χ3n) is 4.25. The first-order valence-corrected chi connectivity index (χ1v) is 8.04. The molecule has 4 nitrogen and oxygen atoms in total. The van der Waals surface area contributed by atoms with Gasteiger partial charge in [-0.2, -0.15) is 13.2 Å². The van der Waals surface area contributed by atoms with Crippen molar-refractivity contribution in [2.45, 2.75) is 19.0 Å². The first-order chi connectivity index (χ1) is 11.7. The molecule has 1 aromatic rings. The van der Waals surface area contributed by atoms with Crippen LogP contribution in [0, 0.1) is 5.92 Å². The zero-order chi connectivity index (χ0) is 18.6. The molecule has 1 aliphatic heterocycles. The van der Waals surface area contributed by atoms with E-state index in [-0.39, 0.29) is 17.7 Å². The Morgan fingerprint density at radius 3 is 2.16 bits per heavy atom. The van der Waals surface area contributed by atoms with Crippen molar-refractivity contribution in [3.8, 4) is 0 Å². The molecule has 0 N–H and O–H groups in total. The predicted octanol–water partition coefficient (Wildman–Crippen LogP) is 3.05. The molecule has 0 aromatic heterocycles. The minimum atomic E-state index is -4.37. The number of likely N-dealkylation sites (tertiary alicyclic amines) is 1. The summed E-state index contributed by atoms with van der Waals surface area (Å²) >= 11 is 0. The molecule has 0 unspecified atom stereocenters. The first-order valence-electron chi connectivity index (χ1n) is 8.04. The number of halogens is 3. The largest absolute Gasteiger partial charge is 0.416 e. The van der Waals surface area contributed by atoms with Gasteiger partial charge in [-0.05, 0) is 36.6 Å². The van der Waals surface area contributed by atoms with Crippen LogP contribution in [0.4, 0.5) is 13.2 Å². The normalized spacial score (nSPS) is 16.3. The van der Waals surface area contributed by atoms with Gasteiger partial charge in [0.1, 0.15) is 0 Å². The van der Waals surface area contributed by atoms with Crippen molar-refractivity contribution in [1.82, 2.24) is 9.80 Å². The van der Waals surface area contributed by atoms with Crippen molar-refractivity contribution < 1.29 is 22.8 Å². The van der Waals surface area contributed by atoms with E-state index >= 15 is 0 Å². The molecule has 1 fully saturated rings. The van der Waals surface area contributed by atoms with E-state index in [1.165, 1.54) is 24.3 Å². The average molecular weight is 354 g/mol. The van der Waals surface area contributed by atoms with E-state index in [0.29, 0.717) is 31.5 Å². The maximum absolute atomic E-state index is 12.5. The SMILES string of the molecule is CN(C)C(=O)C1CCN(C(=O)C=Cc2ccc(C(F)(F)F)cc2)CC1. The molecule has 7 heteroatoms. The molecule has 2 amide bonds. The summed E-state index contributed by atoms with van der Waals surface area (Å²) in [5.41, 5.74) is -0.192. The van der Waals surface area contributed by atoms with Gasteiger partial charge in [-0.15, -0.1) is 0 Å². The quantitative estimate of drug-likeness (QED) is 0.783. The van der Waals surface area contributed by atoms with Gasteiger partial charge in [0, 0.05) is 39.2 Å². The number of piperidine rings is 1. The lowest BCUT2D eigenvalue weighted by Gasteiger charge is -2.31. The van der Waals surface area contributed by atoms with Crippen LogP contribution in [0.15, 0.2) is 30.3 Å². The summed E-state index contributed by atoms with van der Waals surface area (Å²) in [6.07, 6.45) is -0.267. The zero-order valence-corrected chi connectivity index (χ0v) is 14.2. The van der Waals surface area contributed by atoms with Crippen LogP contribution in [-0.4, -0.2) is 48.8 Å². The van der Waals surface area contributed by atoms with Crippen LogP contribution < -0.4 is 0 Å². The van der Waals surface area contributed by atoms with Gasteiger partial charge in [-0.25, -0.2) is 0 Å². The van der Waals surface area contributed by atoms with Crippen LogP contribution in [0.25, 0.3) is 6.08 Å². The Balaban J connectivity index is 1.90. The number of carbonyl (C=O) groups excluding carboxylic acids is 2. The number of hydrogen-bond donors (Lipinski definition) is 0. The van der Waals surface area contributed by atoms with Gasteiger partial charge in [-0.3, -0.25) is 9.59 Å². The summed E-state index contributed by atoms with van der Waals surface area (Å²) in [6.45, 7) is 1.00. The van der Waals surface area contributed by atoms with E-state index in [1.807, 2.05) is 0 Å². The Labute approximate surface area is 144 Å². The van der Waals surface area contributed by atoms with E-state index < -0.39 is 11.7 Å². The van der Waals surface area contributed by atoms with E-state index in [1.54, 1.807) is 23.9 Å². The van der Waals surface area contributed by atoms with Gasteiger partial charge in [0.05, 0.1) is 5.56 Å². The van der Waals surface area contributed by atoms with Gasteiger partial charge < -0.3 is 9.80 Å². The van der Waals surface area contributed by atoms with Gasteiger partial charge in [0.25, 0.3) is 0 Å². The minimum Gasteiger partial charge on any atom is -0.349 e. The van der Waals surface area contributed by atoms with Crippen LogP contribution >= 0.6 is 0 Å². The molecule has 0 bridgehead atoms. The lowest BCUT2D eigenvalue weighted by atomic mass is 9.95. The fourth-order valence-electron chi connectivity index (χ4n) is 2.77. The van der Waals surface area contributed by atoms with Crippen molar-refractivity contribution in [3.63, 3.8) is 0 Å². The van der Waals surface area contributed by atoms with Crippen LogP contribution in [0.2, 0.25) is 0 Å². The molecule has 2 rings (SSSR count). The number of alkyl halides is 3. The number of nitrogens with zero attached hydrogens (tertiary/aromatic N) is 2. The number of carbonyl (C=O) groups is 2. The first kappa shape index (κ1) is 19.0. The number of amides is 2. The third-order valence-corrected chi connectivity index (χ3v) is 4.25. The van der Waals surface area contributed by atoms with Crippen LogP contribution in [0.1, 0.15) is 24.0 Å². The second kappa shape index (κ2) is 7.72. The molecule has 25 heavy (non-hydrogen) atoms. The molecule has 1 aromatic carbocycles. The van der Waals surface area contributed by atoms with Crippen molar-refractivity contribution >= 4 is 17.9 Å². The Morgan fingerprint density at radius 1 is 1.12 bits per heavy atom. The Hall–Kier alpha value is -2.31. The molecular weight excluding hydrogens is 333 g/mol. The second-order valence-electron chi connectivity index (χ2n) is 6.29. The predicted molar refractivity (Wildman–Crippen MR) is 88.5 cm³/mol. The van der Waals surface area contributed by atoms with Crippen LogP contribution in [0.5, 0.6) is 0 Å². The van der Waals surface area contributed by atoms with Crippen molar-refractivity contribution in [1.29, 1.82) is 0 Å². The molecule has 0 spiro atoms.